The van der Waals surface area contributed by atoms with Crippen molar-refractivity contribution in [2.75, 3.05) is 43.0 Å². The number of aromatic nitrogens is 3. The average molecular weight is 466 g/mol. The molecule has 170 valence electrons. The van der Waals surface area contributed by atoms with Gasteiger partial charge < -0.3 is 14.4 Å². The van der Waals surface area contributed by atoms with E-state index in [-0.39, 0.29) is 16.5 Å². The molecule has 0 unspecified atom stereocenters. The van der Waals surface area contributed by atoms with Crippen molar-refractivity contribution < 1.29 is 17.9 Å². The first-order chi connectivity index (χ1) is 16.0. The zero-order valence-corrected chi connectivity index (χ0v) is 19.1. The van der Waals surface area contributed by atoms with E-state index in [9.17, 15) is 8.42 Å². The summed E-state index contributed by atoms with van der Waals surface area (Å²) in [7, 11) is -2.39. The third-order valence-electron chi connectivity index (χ3n) is 5.00. The van der Waals surface area contributed by atoms with E-state index in [2.05, 4.69) is 36.4 Å². The molecule has 1 aliphatic heterocycles. The molecule has 3 heterocycles. The molecule has 0 aliphatic carbocycles. The van der Waals surface area contributed by atoms with E-state index in [0.29, 0.717) is 24.3 Å². The molecule has 1 N–H and O–H groups in total. The van der Waals surface area contributed by atoms with E-state index in [1.165, 1.54) is 31.8 Å². The van der Waals surface area contributed by atoms with Crippen LogP contribution >= 0.6 is 0 Å². The molecule has 1 fully saturated rings. The topological polar surface area (TPSA) is 107 Å². The summed E-state index contributed by atoms with van der Waals surface area (Å²) >= 11 is 0. The maximum Gasteiger partial charge on any atom is 0.262 e. The number of sulfonamides is 1. The molecule has 4 rings (SSSR count). The predicted octanol–water partition coefficient (Wildman–Crippen LogP) is 2.23. The van der Waals surface area contributed by atoms with Crippen molar-refractivity contribution in [1.29, 1.82) is 0 Å². The predicted molar refractivity (Wildman–Crippen MR) is 124 cm³/mol. The zero-order chi connectivity index (χ0) is 23.3. The fourth-order valence-electron chi connectivity index (χ4n) is 3.32. The first kappa shape index (κ1) is 22.5. The molecule has 1 aromatic carbocycles. The lowest BCUT2D eigenvalue weighted by atomic mass is 10.2. The third kappa shape index (κ3) is 5.22. The van der Waals surface area contributed by atoms with Gasteiger partial charge in [-0.25, -0.2) is 23.4 Å². The fraction of sp³-hybridized carbons (Fsp3) is 0.261. The number of pyridine rings is 1. The summed E-state index contributed by atoms with van der Waals surface area (Å²) < 4.78 is 38.7. The van der Waals surface area contributed by atoms with Gasteiger partial charge in [-0.05, 0) is 25.1 Å². The standard InChI is InChI=1S/C23H23N5O4S/c1-17-20(22(26-16-25-17)28-10-12-32-13-11-28)9-8-18-14-21(23(31-2)24-15-18)27-33(29,30)19-6-4-3-5-7-19/h3-7,14-16,27H,10-13H2,1-2H3. The van der Waals surface area contributed by atoms with Gasteiger partial charge in [0.2, 0.25) is 5.88 Å². The highest BCUT2D eigenvalue weighted by Gasteiger charge is 2.18. The number of anilines is 2. The number of morpholine rings is 1. The van der Waals surface area contributed by atoms with E-state index in [1.807, 2.05) is 6.92 Å². The van der Waals surface area contributed by atoms with Crippen LogP contribution in [0.4, 0.5) is 11.5 Å². The van der Waals surface area contributed by atoms with E-state index < -0.39 is 10.0 Å². The Morgan fingerprint density at radius 2 is 1.85 bits per heavy atom. The third-order valence-corrected chi connectivity index (χ3v) is 6.38. The van der Waals surface area contributed by atoms with Gasteiger partial charge in [-0.3, -0.25) is 4.72 Å². The molecule has 9 nitrogen and oxygen atoms in total. The number of benzene rings is 1. The lowest BCUT2D eigenvalue weighted by molar-refractivity contribution is 0.122. The molecule has 1 saturated heterocycles. The molecule has 0 spiro atoms. The van der Waals surface area contributed by atoms with Crippen LogP contribution in [0.15, 0.2) is 53.8 Å². The summed E-state index contributed by atoms with van der Waals surface area (Å²) in [5.41, 5.74) is 2.17. The smallest absolute Gasteiger partial charge is 0.262 e. The molecule has 0 amide bonds. The minimum absolute atomic E-state index is 0.135. The van der Waals surface area contributed by atoms with Crippen molar-refractivity contribution in [2.45, 2.75) is 11.8 Å². The number of hydrogen-bond donors (Lipinski definition) is 1. The van der Waals surface area contributed by atoms with Crippen molar-refractivity contribution >= 4 is 21.5 Å². The van der Waals surface area contributed by atoms with Crippen LogP contribution in [0.25, 0.3) is 0 Å². The molecule has 3 aromatic rings. The number of ether oxygens (including phenoxy) is 2. The van der Waals surface area contributed by atoms with Gasteiger partial charge >= 0.3 is 0 Å². The van der Waals surface area contributed by atoms with E-state index in [0.717, 1.165) is 24.6 Å². The molecule has 0 saturated carbocycles. The molecule has 10 heteroatoms. The van der Waals surface area contributed by atoms with Crippen LogP contribution in [0.1, 0.15) is 16.8 Å². The summed E-state index contributed by atoms with van der Waals surface area (Å²) in [5.74, 6) is 7.10. The Morgan fingerprint density at radius 1 is 1.09 bits per heavy atom. The molecule has 33 heavy (non-hydrogen) atoms. The Morgan fingerprint density at radius 3 is 2.58 bits per heavy atom. The largest absolute Gasteiger partial charge is 0.479 e. The molecule has 0 bridgehead atoms. The Bertz CT molecular complexity index is 1300. The Kier molecular flexibility index (Phi) is 6.72. The highest BCUT2D eigenvalue weighted by molar-refractivity contribution is 7.92. The quantitative estimate of drug-likeness (QED) is 0.572. The van der Waals surface area contributed by atoms with Crippen molar-refractivity contribution in [3.05, 3.63) is 65.7 Å². The van der Waals surface area contributed by atoms with Gasteiger partial charge in [-0.1, -0.05) is 30.0 Å². The molecule has 2 aromatic heterocycles. The van der Waals surface area contributed by atoms with Crippen molar-refractivity contribution in [1.82, 2.24) is 15.0 Å². The monoisotopic (exact) mass is 465 g/mol. The average Bonchev–Trinajstić information content (AvgIpc) is 2.84. The number of methoxy groups -OCH3 is 1. The lowest BCUT2D eigenvalue weighted by Gasteiger charge is -2.28. The van der Waals surface area contributed by atoms with Gasteiger partial charge in [0.1, 0.15) is 17.8 Å². The van der Waals surface area contributed by atoms with Crippen molar-refractivity contribution in [3.63, 3.8) is 0 Å². The van der Waals surface area contributed by atoms with Gasteiger partial charge in [0, 0.05) is 24.8 Å². The summed E-state index contributed by atoms with van der Waals surface area (Å²) in [6.07, 6.45) is 3.05. The van der Waals surface area contributed by atoms with Crippen molar-refractivity contribution in [2.24, 2.45) is 0 Å². The molecular weight excluding hydrogens is 442 g/mol. The van der Waals surface area contributed by atoms with E-state index in [1.54, 1.807) is 24.3 Å². The van der Waals surface area contributed by atoms with Crippen LogP contribution in [-0.2, 0) is 14.8 Å². The SMILES string of the molecule is COc1ncc(C#Cc2c(C)ncnc2N2CCOCC2)cc1NS(=O)(=O)c1ccccc1. The second-order valence-corrected chi connectivity index (χ2v) is 8.89. The minimum Gasteiger partial charge on any atom is -0.479 e. The van der Waals surface area contributed by atoms with Gasteiger partial charge in [0.05, 0.1) is 36.5 Å². The second kappa shape index (κ2) is 9.85. The van der Waals surface area contributed by atoms with Crippen LogP contribution in [0.2, 0.25) is 0 Å². The summed E-state index contributed by atoms with van der Waals surface area (Å²) in [4.78, 5) is 15.2. The van der Waals surface area contributed by atoms with Crippen molar-refractivity contribution in [3.8, 4) is 17.7 Å². The first-order valence-corrected chi connectivity index (χ1v) is 11.7. The van der Waals surface area contributed by atoms with E-state index >= 15 is 0 Å². The van der Waals surface area contributed by atoms with Crippen LogP contribution in [-0.4, -0.2) is 56.8 Å². The van der Waals surface area contributed by atoms with Gasteiger partial charge in [0.15, 0.2) is 0 Å². The maximum absolute atomic E-state index is 12.8. The van der Waals surface area contributed by atoms with Gasteiger partial charge in [-0.2, -0.15) is 0 Å². The maximum atomic E-state index is 12.8. The first-order valence-electron chi connectivity index (χ1n) is 10.3. The number of aryl methyl sites for hydroxylation is 1. The summed E-state index contributed by atoms with van der Waals surface area (Å²) in [6, 6.07) is 9.67. The summed E-state index contributed by atoms with van der Waals surface area (Å²) in [5, 5.41) is 0. The molecular formula is C23H23N5O4S. The lowest BCUT2D eigenvalue weighted by Crippen LogP contribution is -2.37. The second-order valence-electron chi connectivity index (χ2n) is 7.21. The normalized spacial score (nSPS) is 13.7. The number of rotatable bonds is 5. The number of nitrogens with zero attached hydrogens (tertiary/aromatic N) is 4. The zero-order valence-electron chi connectivity index (χ0n) is 18.3. The van der Waals surface area contributed by atoms with Crippen LogP contribution in [0.5, 0.6) is 5.88 Å². The van der Waals surface area contributed by atoms with Crippen LogP contribution in [0, 0.1) is 18.8 Å². The highest BCUT2D eigenvalue weighted by Crippen LogP contribution is 2.26. The highest BCUT2D eigenvalue weighted by atomic mass is 32.2. The molecule has 0 radical (unpaired) electrons. The van der Waals surface area contributed by atoms with E-state index in [4.69, 9.17) is 9.47 Å². The number of nitrogens with one attached hydrogen (secondary N) is 1. The Labute approximate surface area is 192 Å². The number of hydrogen-bond acceptors (Lipinski definition) is 8. The Balaban J connectivity index is 1.67. The summed E-state index contributed by atoms with van der Waals surface area (Å²) in [6.45, 7) is 4.58. The minimum atomic E-state index is -3.81. The van der Waals surface area contributed by atoms with Crippen LogP contribution < -0.4 is 14.4 Å². The Hall–Kier alpha value is -3.68. The van der Waals surface area contributed by atoms with Crippen LogP contribution in [0.3, 0.4) is 0 Å². The fourth-order valence-corrected chi connectivity index (χ4v) is 4.39. The molecule has 1 aliphatic rings. The molecule has 0 atom stereocenters. The van der Waals surface area contributed by atoms with Gasteiger partial charge in [-0.15, -0.1) is 0 Å². The van der Waals surface area contributed by atoms with Gasteiger partial charge in [0.25, 0.3) is 10.0 Å².